The standard InChI is InChI=1S/C22H19F4N3O3S/c23-8-6-14-12-15(22(24,25)26)2-4-17(14)18-7-11-32-20-13-16(3-5-19(18)20)33(30,31)29-21-27-9-1-10-28-21/h1-5,9-10,12-13,18H,6-8,11H2,(H,27,28,29)/t18-/m1/s1. The lowest BCUT2D eigenvalue weighted by Gasteiger charge is -2.28. The highest BCUT2D eigenvalue weighted by atomic mass is 32.2. The van der Waals surface area contributed by atoms with Crippen molar-refractivity contribution >= 4 is 16.0 Å². The summed E-state index contributed by atoms with van der Waals surface area (Å²) < 4.78 is 85.9. The second-order valence-corrected chi connectivity index (χ2v) is 9.10. The average Bonchev–Trinajstić information content (AvgIpc) is 2.78. The maximum Gasteiger partial charge on any atom is 0.416 e. The van der Waals surface area contributed by atoms with Crippen LogP contribution in [-0.4, -0.2) is 31.7 Å². The molecule has 0 spiro atoms. The Morgan fingerprint density at radius 1 is 1.06 bits per heavy atom. The van der Waals surface area contributed by atoms with E-state index in [1.54, 1.807) is 12.1 Å². The van der Waals surface area contributed by atoms with Gasteiger partial charge in [0.25, 0.3) is 10.0 Å². The molecule has 33 heavy (non-hydrogen) atoms. The third-order valence-corrected chi connectivity index (χ3v) is 6.66. The molecule has 1 atom stereocenters. The van der Waals surface area contributed by atoms with Gasteiger partial charge < -0.3 is 4.74 Å². The Morgan fingerprint density at radius 2 is 1.79 bits per heavy atom. The maximum absolute atomic E-state index is 13.1. The number of sulfonamides is 1. The van der Waals surface area contributed by atoms with Crippen LogP contribution in [0.25, 0.3) is 0 Å². The number of nitrogens with one attached hydrogen (secondary N) is 1. The molecule has 174 valence electrons. The van der Waals surface area contributed by atoms with Crippen LogP contribution in [0.3, 0.4) is 0 Å². The lowest BCUT2D eigenvalue weighted by Crippen LogP contribution is -2.19. The van der Waals surface area contributed by atoms with Crippen molar-refractivity contribution in [2.75, 3.05) is 18.0 Å². The molecule has 1 N–H and O–H groups in total. The van der Waals surface area contributed by atoms with Crippen LogP contribution in [-0.2, 0) is 22.6 Å². The van der Waals surface area contributed by atoms with Crippen LogP contribution in [0.2, 0.25) is 0 Å². The normalized spacial score (nSPS) is 16.1. The van der Waals surface area contributed by atoms with E-state index in [1.807, 2.05) is 0 Å². The molecule has 0 fully saturated rings. The van der Waals surface area contributed by atoms with E-state index in [-0.39, 0.29) is 35.4 Å². The number of halogens is 4. The summed E-state index contributed by atoms with van der Waals surface area (Å²) >= 11 is 0. The number of aromatic nitrogens is 2. The number of hydrogen-bond donors (Lipinski definition) is 1. The van der Waals surface area contributed by atoms with Crippen LogP contribution in [0.5, 0.6) is 5.75 Å². The van der Waals surface area contributed by atoms with E-state index in [1.165, 1.54) is 30.6 Å². The molecule has 6 nitrogen and oxygen atoms in total. The lowest BCUT2D eigenvalue weighted by molar-refractivity contribution is -0.137. The second-order valence-electron chi connectivity index (χ2n) is 7.42. The number of anilines is 1. The molecule has 0 amide bonds. The zero-order valence-electron chi connectivity index (χ0n) is 17.1. The second kappa shape index (κ2) is 8.97. The van der Waals surface area contributed by atoms with Gasteiger partial charge in [-0.15, -0.1) is 0 Å². The molecule has 2 heterocycles. The van der Waals surface area contributed by atoms with E-state index in [0.717, 1.165) is 12.1 Å². The number of fused-ring (bicyclic) bond motifs is 1. The number of aryl methyl sites for hydroxylation is 1. The molecule has 11 heteroatoms. The Labute approximate surface area is 187 Å². The molecule has 4 rings (SSSR count). The minimum Gasteiger partial charge on any atom is -0.493 e. The number of alkyl halides is 4. The number of benzene rings is 2. The summed E-state index contributed by atoms with van der Waals surface area (Å²) in [5, 5.41) is 0. The molecule has 0 saturated heterocycles. The molecule has 3 aromatic rings. The largest absolute Gasteiger partial charge is 0.493 e. The van der Waals surface area contributed by atoms with Crippen molar-refractivity contribution < 1.29 is 30.7 Å². The van der Waals surface area contributed by atoms with Crippen LogP contribution < -0.4 is 9.46 Å². The Bertz CT molecular complexity index is 1250. The first-order valence-electron chi connectivity index (χ1n) is 10.0. The van der Waals surface area contributed by atoms with Crippen molar-refractivity contribution in [3.63, 3.8) is 0 Å². The fourth-order valence-corrected chi connectivity index (χ4v) is 4.80. The zero-order valence-corrected chi connectivity index (χ0v) is 18.0. The molecule has 0 bridgehead atoms. The number of nitrogens with zero attached hydrogens (tertiary/aromatic N) is 2. The molecular weight excluding hydrogens is 462 g/mol. The summed E-state index contributed by atoms with van der Waals surface area (Å²) in [6.45, 7) is -0.568. The topological polar surface area (TPSA) is 81.2 Å². The van der Waals surface area contributed by atoms with Gasteiger partial charge in [0.1, 0.15) is 5.75 Å². The first-order chi connectivity index (χ1) is 15.7. The molecule has 1 aliphatic heterocycles. The van der Waals surface area contributed by atoms with E-state index >= 15 is 0 Å². The number of rotatable bonds is 6. The smallest absolute Gasteiger partial charge is 0.416 e. The number of hydrogen-bond acceptors (Lipinski definition) is 5. The van der Waals surface area contributed by atoms with E-state index < -0.39 is 28.4 Å². The molecule has 0 saturated carbocycles. The van der Waals surface area contributed by atoms with Gasteiger partial charge >= 0.3 is 6.18 Å². The fourth-order valence-electron chi connectivity index (χ4n) is 3.83. The van der Waals surface area contributed by atoms with Gasteiger partial charge in [-0.25, -0.2) is 23.1 Å². The van der Waals surface area contributed by atoms with E-state index in [2.05, 4.69) is 14.7 Å². The fraction of sp³-hybridized carbons (Fsp3) is 0.273. The van der Waals surface area contributed by atoms with Gasteiger partial charge in [-0.2, -0.15) is 13.2 Å². The van der Waals surface area contributed by atoms with Crippen molar-refractivity contribution in [1.29, 1.82) is 0 Å². The Balaban J connectivity index is 1.69. The van der Waals surface area contributed by atoms with Gasteiger partial charge in [-0.3, -0.25) is 4.39 Å². The van der Waals surface area contributed by atoms with Crippen molar-refractivity contribution in [1.82, 2.24) is 9.97 Å². The minimum absolute atomic E-state index is 0.0780. The van der Waals surface area contributed by atoms with E-state index in [9.17, 15) is 26.0 Å². The number of ether oxygens (including phenoxy) is 1. The molecule has 1 aliphatic rings. The maximum atomic E-state index is 13.1. The Kier molecular flexibility index (Phi) is 6.24. The molecule has 0 unspecified atom stereocenters. The first-order valence-corrected chi connectivity index (χ1v) is 11.5. The summed E-state index contributed by atoms with van der Waals surface area (Å²) in [7, 11) is -4.00. The van der Waals surface area contributed by atoms with Crippen LogP contribution in [0.1, 0.15) is 34.6 Å². The van der Waals surface area contributed by atoms with E-state index in [4.69, 9.17) is 4.74 Å². The lowest BCUT2D eigenvalue weighted by atomic mass is 9.83. The summed E-state index contributed by atoms with van der Waals surface area (Å²) in [4.78, 5) is 7.60. The van der Waals surface area contributed by atoms with Gasteiger partial charge in [0.15, 0.2) is 0 Å². The monoisotopic (exact) mass is 481 g/mol. The third kappa shape index (κ3) is 4.92. The molecular formula is C22H19F4N3O3S. The highest BCUT2D eigenvalue weighted by Crippen LogP contribution is 2.42. The minimum atomic E-state index is -4.53. The summed E-state index contributed by atoms with van der Waals surface area (Å²) in [5.41, 5.74) is 0.620. The van der Waals surface area contributed by atoms with Gasteiger partial charge in [0, 0.05) is 36.4 Å². The average molecular weight is 481 g/mol. The van der Waals surface area contributed by atoms with Crippen LogP contribution in [0, 0.1) is 0 Å². The van der Waals surface area contributed by atoms with Crippen LogP contribution >= 0.6 is 0 Å². The van der Waals surface area contributed by atoms with Crippen molar-refractivity contribution in [3.05, 3.63) is 77.1 Å². The Morgan fingerprint density at radius 3 is 2.48 bits per heavy atom. The summed E-state index contributed by atoms with van der Waals surface area (Å²) in [5.74, 6) is -0.149. The predicted molar refractivity (Wildman–Crippen MR) is 112 cm³/mol. The predicted octanol–water partition coefficient (Wildman–Crippen LogP) is 4.72. The van der Waals surface area contributed by atoms with Crippen LogP contribution in [0.15, 0.2) is 59.8 Å². The van der Waals surface area contributed by atoms with Gasteiger partial charge in [-0.05, 0) is 41.8 Å². The van der Waals surface area contributed by atoms with E-state index in [0.29, 0.717) is 23.3 Å². The Hall–Kier alpha value is -3.21. The zero-order chi connectivity index (χ0) is 23.6. The molecule has 1 aromatic heterocycles. The molecule has 0 radical (unpaired) electrons. The third-order valence-electron chi connectivity index (χ3n) is 5.34. The van der Waals surface area contributed by atoms with Gasteiger partial charge in [-0.1, -0.05) is 12.1 Å². The van der Waals surface area contributed by atoms with Gasteiger partial charge in [0.2, 0.25) is 5.95 Å². The molecule has 2 aromatic carbocycles. The van der Waals surface area contributed by atoms with Crippen molar-refractivity contribution in [2.24, 2.45) is 0 Å². The van der Waals surface area contributed by atoms with Crippen molar-refractivity contribution in [3.8, 4) is 5.75 Å². The van der Waals surface area contributed by atoms with Crippen molar-refractivity contribution in [2.45, 2.75) is 29.8 Å². The van der Waals surface area contributed by atoms with Gasteiger partial charge in [0.05, 0.1) is 23.7 Å². The summed E-state index contributed by atoms with van der Waals surface area (Å²) in [6.07, 6.45) is -1.44. The quantitative estimate of drug-likeness (QED) is 0.515. The van der Waals surface area contributed by atoms with Crippen LogP contribution in [0.4, 0.5) is 23.5 Å². The SMILES string of the molecule is O=S(=O)(Nc1ncccn1)c1ccc2c(c1)OCC[C@@H]2c1ccc(C(F)(F)F)cc1CCF. The molecule has 0 aliphatic carbocycles. The first kappa shape index (κ1) is 23.0. The summed E-state index contributed by atoms with van der Waals surface area (Å²) in [6, 6.07) is 9.17. The highest BCUT2D eigenvalue weighted by molar-refractivity contribution is 7.92. The highest BCUT2D eigenvalue weighted by Gasteiger charge is 2.33.